The van der Waals surface area contributed by atoms with Crippen LogP contribution in [-0.4, -0.2) is 28.2 Å². The highest BCUT2D eigenvalue weighted by Crippen LogP contribution is 2.47. The van der Waals surface area contributed by atoms with Crippen molar-refractivity contribution in [3.05, 3.63) is 0 Å². The van der Waals surface area contributed by atoms with Crippen molar-refractivity contribution in [2.24, 2.45) is 5.41 Å². The molecule has 2 unspecified atom stereocenters. The number of hydrogen-bond acceptors (Lipinski definition) is 3. The summed E-state index contributed by atoms with van der Waals surface area (Å²) < 4.78 is 0. The Bertz CT molecular complexity index is 218. The van der Waals surface area contributed by atoms with Crippen molar-refractivity contribution in [1.82, 2.24) is 0 Å². The Hall–Kier alpha value is -0.410. The highest BCUT2D eigenvalue weighted by atomic mass is 16.3. The van der Waals surface area contributed by atoms with Gasteiger partial charge in [0.05, 0.1) is 6.10 Å². The van der Waals surface area contributed by atoms with Gasteiger partial charge < -0.3 is 10.2 Å². The van der Waals surface area contributed by atoms with Crippen LogP contribution in [0.3, 0.4) is 0 Å². The predicted octanol–water partition coefficient (Wildman–Crippen LogP) is 0.631. The number of hydrogen-bond donors (Lipinski definition) is 2. The van der Waals surface area contributed by atoms with E-state index in [4.69, 9.17) is 0 Å². The van der Waals surface area contributed by atoms with Crippen LogP contribution in [0.5, 0.6) is 0 Å². The number of aliphatic hydroxyl groups excluding tert-OH is 2. The number of carbonyl (C=O) groups is 1. The zero-order chi connectivity index (χ0) is 9.47. The van der Waals surface area contributed by atoms with Crippen molar-refractivity contribution < 1.29 is 15.0 Å². The van der Waals surface area contributed by atoms with E-state index < -0.39 is 17.6 Å². The van der Waals surface area contributed by atoms with Crippen LogP contribution in [0.1, 0.15) is 38.5 Å². The van der Waals surface area contributed by atoms with E-state index in [1.807, 2.05) is 0 Å². The Morgan fingerprint density at radius 3 is 2.23 bits per heavy atom. The fraction of sp³-hybridized carbons (Fsp3) is 0.900. The van der Waals surface area contributed by atoms with Crippen molar-refractivity contribution in [1.29, 1.82) is 0 Å². The van der Waals surface area contributed by atoms with Crippen LogP contribution >= 0.6 is 0 Å². The summed E-state index contributed by atoms with van der Waals surface area (Å²) in [5.41, 5.74) is -0.477. The van der Waals surface area contributed by atoms with Crippen LogP contribution in [-0.2, 0) is 4.79 Å². The van der Waals surface area contributed by atoms with E-state index in [9.17, 15) is 15.0 Å². The molecular formula is C10H16O3. The second-order valence-electron chi connectivity index (χ2n) is 4.38. The van der Waals surface area contributed by atoms with Gasteiger partial charge in [-0.05, 0) is 12.8 Å². The molecule has 2 saturated carbocycles. The van der Waals surface area contributed by atoms with E-state index in [2.05, 4.69) is 0 Å². The minimum absolute atomic E-state index is 0.154. The second kappa shape index (κ2) is 3.07. The topological polar surface area (TPSA) is 57.5 Å². The van der Waals surface area contributed by atoms with Crippen LogP contribution in [0.4, 0.5) is 0 Å². The number of Topliss-reactive ketones (excluding diaryl/α,β-unsaturated/α-hetero) is 1. The Kier molecular flexibility index (Phi) is 2.16. The molecule has 13 heavy (non-hydrogen) atoms. The van der Waals surface area contributed by atoms with E-state index >= 15 is 0 Å². The van der Waals surface area contributed by atoms with E-state index in [0.29, 0.717) is 0 Å². The molecule has 2 fully saturated rings. The molecule has 2 N–H and O–H groups in total. The summed E-state index contributed by atoms with van der Waals surface area (Å²) >= 11 is 0. The van der Waals surface area contributed by atoms with Gasteiger partial charge in [0.15, 0.2) is 5.78 Å². The van der Waals surface area contributed by atoms with Gasteiger partial charge in [0.1, 0.15) is 6.10 Å². The lowest BCUT2D eigenvalue weighted by molar-refractivity contribution is -0.129. The molecule has 2 atom stereocenters. The molecule has 3 heteroatoms. The van der Waals surface area contributed by atoms with Crippen molar-refractivity contribution in [3.8, 4) is 0 Å². The molecule has 0 amide bonds. The number of ketones is 1. The fourth-order valence-electron chi connectivity index (χ4n) is 2.82. The third-order valence-corrected chi connectivity index (χ3v) is 3.69. The summed E-state index contributed by atoms with van der Waals surface area (Å²) in [7, 11) is 0. The van der Waals surface area contributed by atoms with Crippen LogP contribution in [0.2, 0.25) is 0 Å². The third kappa shape index (κ3) is 1.22. The molecule has 0 bridgehead atoms. The predicted molar refractivity (Wildman–Crippen MR) is 47.2 cm³/mol. The van der Waals surface area contributed by atoms with Crippen LogP contribution in [0.25, 0.3) is 0 Å². The fourth-order valence-corrected chi connectivity index (χ4v) is 2.82. The molecule has 1 spiro atoms. The molecule has 3 nitrogen and oxygen atoms in total. The van der Waals surface area contributed by atoms with Crippen LogP contribution < -0.4 is 0 Å². The standard InChI is InChI=1S/C10H16O3/c11-7-6-8(12)10(9(7)13)4-2-1-3-5-10/h8-9,12-13H,1-6H2. The van der Waals surface area contributed by atoms with Gasteiger partial charge in [0.25, 0.3) is 0 Å². The summed E-state index contributed by atoms with van der Waals surface area (Å²) in [5.74, 6) is -0.172. The minimum Gasteiger partial charge on any atom is -0.392 e. The molecule has 2 aliphatic carbocycles. The van der Waals surface area contributed by atoms with Crippen molar-refractivity contribution in [3.63, 3.8) is 0 Å². The van der Waals surface area contributed by atoms with E-state index in [-0.39, 0.29) is 12.2 Å². The van der Waals surface area contributed by atoms with Crippen molar-refractivity contribution >= 4 is 5.78 Å². The summed E-state index contributed by atoms with van der Waals surface area (Å²) in [4.78, 5) is 11.2. The van der Waals surface area contributed by atoms with Gasteiger partial charge >= 0.3 is 0 Å². The smallest absolute Gasteiger partial charge is 0.164 e. The highest BCUT2D eigenvalue weighted by molar-refractivity contribution is 5.87. The van der Waals surface area contributed by atoms with Crippen LogP contribution in [0, 0.1) is 5.41 Å². The summed E-state index contributed by atoms with van der Waals surface area (Å²) in [6.45, 7) is 0. The summed E-state index contributed by atoms with van der Waals surface area (Å²) in [6, 6.07) is 0. The first-order valence-corrected chi connectivity index (χ1v) is 5.06. The number of carbonyl (C=O) groups excluding carboxylic acids is 1. The molecular weight excluding hydrogens is 168 g/mol. The largest absolute Gasteiger partial charge is 0.392 e. The first-order valence-electron chi connectivity index (χ1n) is 5.06. The molecule has 0 aromatic rings. The van der Waals surface area contributed by atoms with E-state index in [0.717, 1.165) is 32.1 Å². The Morgan fingerprint density at radius 2 is 1.77 bits per heavy atom. The molecule has 0 heterocycles. The van der Waals surface area contributed by atoms with Gasteiger partial charge in [-0.3, -0.25) is 4.79 Å². The Labute approximate surface area is 77.8 Å². The molecule has 0 radical (unpaired) electrons. The maximum Gasteiger partial charge on any atom is 0.164 e. The summed E-state index contributed by atoms with van der Waals surface area (Å²) in [6.07, 6.45) is 3.49. The average Bonchev–Trinajstić information content (AvgIpc) is 2.34. The maximum atomic E-state index is 11.2. The van der Waals surface area contributed by atoms with Gasteiger partial charge in [-0.25, -0.2) is 0 Å². The first kappa shape index (κ1) is 9.16. The molecule has 0 aromatic carbocycles. The normalized spacial score (nSPS) is 38.5. The molecule has 2 rings (SSSR count). The van der Waals surface area contributed by atoms with Crippen molar-refractivity contribution in [2.45, 2.75) is 50.7 Å². The Balaban J connectivity index is 2.23. The van der Waals surface area contributed by atoms with Gasteiger partial charge in [-0.2, -0.15) is 0 Å². The highest BCUT2D eigenvalue weighted by Gasteiger charge is 2.53. The SMILES string of the molecule is O=C1CC(O)C2(CCCCC2)C1O. The zero-order valence-electron chi connectivity index (χ0n) is 7.70. The third-order valence-electron chi connectivity index (χ3n) is 3.69. The molecule has 74 valence electrons. The zero-order valence-corrected chi connectivity index (χ0v) is 7.70. The van der Waals surface area contributed by atoms with Crippen molar-refractivity contribution in [2.75, 3.05) is 0 Å². The van der Waals surface area contributed by atoms with Gasteiger partial charge in [-0.1, -0.05) is 19.3 Å². The number of rotatable bonds is 0. The van der Waals surface area contributed by atoms with E-state index in [1.165, 1.54) is 0 Å². The second-order valence-corrected chi connectivity index (χ2v) is 4.38. The number of aliphatic hydroxyl groups is 2. The molecule has 2 aliphatic rings. The van der Waals surface area contributed by atoms with E-state index in [1.54, 1.807) is 0 Å². The van der Waals surface area contributed by atoms with Crippen LogP contribution in [0.15, 0.2) is 0 Å². The lowest BCUT2D eigenvalue weighted by Gasteiger charge is -2.38. The minimum atomic E-state index is -0.900. The van der Waals surface area contributed by atoms with Gasteiger partial charge in [0, 0.05) is 11.8 Å². The van der Waals surface area contributed by atoms with Gasteiger partial charge in [-0.15, -0.1) is 0 Å². The lowest BCUT2D eigenvalue weighted by atomic mass is 9.70. The molecule has 0 aliphatic heterocycles. The molecule has 0 aromatic heterocycles. The quantitative estimate of drug-likeness (QED) is 0.580. The summed E-state index contributed by atoms with van der Waals surface area (Å²) in [5, 5.41) is 19.5. The first-order chi connectivity index (χ1) is 6.17. The maximum absolute atomic E-state index is 11.2. The average molecular weight is 184 g/mol. The van der Waals surface area contributed by atoms with Gasteiger partial charge in [0.2, 0.25) is 0 Å². The lowest BCUT2D eigenvalue weighted by Crippen LogP contribution is -2.41. The molecule has 0 saturated heterocycles. The Morgan fingerprint density at radius 1 is 1.15 bits per heavy atom. The monoisotopic (exact) mass is 184 g/mol.